The zero-order chi connectivity index (χ0) is 12.8. The van der Waals surface area contributed by atoms with Crippen molar-refractivity contribution in [3.8, 4) is 5.75 Å². The van der Waals surface area contributed by atoms with E-state index in [0.29, 0.717) is 6.54 Å². The molecule has 0 aliphatic heterocycles. The Morgan fingerprint density at radius 1 is 1.17 bits per heavy atom. The van der Waals surface area contributed by atoms with Crippen LogP contribution >= 0.6 is 0 Å². The molecule has 3 nitrogen and oxygen atoms in total. The highest BCUT2D eigenvalue weighted by Crippen LogP contribution is 2.20. The van der Waals surface area contributed by atoms with E-state index in [0.717, 1.165) is 17.9 Å². The minimum absolute atomic E-state index is 0.196. The first-order chi connectivity index (χ1) is 8.83. The zero-order valence-electron chi connectivity index (χ0n) is 10.5. The smallest absolute Gasteiger partial charge is 0.153 e. The van der Waals surface area contributed by atoms with Crippen LogP contribution in [0.4, 0.5) is 0 Å². The quantitative estimate of drug-likeness (QED) is 0.877. The van der Waals surface area contributed by atoms with Crippen molar-refractivity contribution in [3.63, 3.8) is 0 Å². The monoisotopic (exact) mass is 242 g/mol. The summed E-state index contributed by atoms with van der Waals surface area (Å²) in [5.74, 6) is 0.827. The minimum atomic E-state index is -0.196. The number of hydrogen-bond donors (Lipinski definition) is 1. The van der Waals surface area contributed by atoms with Gasteiger partial charge < -0.3 is 10.5 Å². The molecule has 0 amide bonds. The molecule has 94 valence electrons. The molecule has 2 rings (SSSR count). The molecule has 1 atom stereocenters. The number of aryl methyl sites for hydroxylation is 1. The Morgan fingerprint density at radius 3 is 2.50 bits per heavy atom. The van der Waals surface area contributed by atoms with Gasteiger partial charge in [0.15, 0.2) is 6.10 Å². The Bertz CT molecular complexity index is 468. The number of benzene rings is 1. The Balaban J connectivity index is 2.10. The normalized spacial score (nSPS) is 12.1. The fourth-order valence-corrected chi connectivity index (χ4v) is 1.76. The molecule has 0 aliphatic rings. The summed E-state index contributed by atoms with van der Waals surface area (Å²) >= 11 is 0. The molecule has 0 spiro atoms. The second-order valence-electron chi connectivity index (χ2n) is 4.09. The van der Waals surface area contributed by atoms with Crippen LogP contribution in [-0.2, 0) is 6.42 Å². The van der Waals surface area contributed by atoms with E-state index in [1.54, 1.807) is 6.20 Å². The topological polar surface area (TPSA) is 48.1 Å². The standard InChI is InChI=1S/C15H18N2O/c1-2-12-6-8-13(9-7-12)18-15(11-16)14-5-3-4-10-17-14/h3-10,15H,2,11,16H2,1H3. The molecule has 0 radical (unpaired) electrons. The molecule has 3 heteroatoms. The molecular weight excluding hydrogens is 224 g/mol. The average molecular weight is 242 g/mol. The van der Waals surface area contributed by atoms with Crippen molar-refractivity contribution in [3.05, 3.63) is 59.9 Å². The largest absolute Gasteiger partial charge is 0.483 e. The fraction of sp³-hybridized carbons (Fsp3) is 0.267. The van der Waals surface area contributed by atoms with Crippen LogP contribution < -0.4 is 10.5 Å². The van der Waals surface area contributed by atoms with Gasteiger partial charge >= 0.3 is 0 Å². The molecule has 1 heterocycles. The number of nitrogens with two attached hydrogens (primary N) is 1. The average Bonchev–Trinajstić information content (AvgIpc) is 2.46. The van der Waals surface area contributed by atoms with Crippen molar-refractivity contribution in [2.75, 3.05) is 6.54 Å². The Kier molecular flexibility index (Phi) is 4.31. The Morgan fingerprint density at radius 2 is 1.94 bits per heavy atom. The van der Waals surface area contributed by atoms with Gasteiger partial charge in [0.05, 0.1) is 5.69 Å². The molecule has 1 unspecified atom stereocenters. The van der Waals surface area contributed by atoms with E-state index in [9.17, 15) is 0 Å². The molecule has 18 heavy (non-hydrogen) atoms. The third-order valence-corrected chi connectivity index (χ3v) is 2.84. The first kappa shape index (κ1) is 12.6. The van der Waals surface area contributed by atoms with Gasteiger partial charge in [-0.3, -0.25) is 4.98 Å². The van der Waals surface area contributed by atoms with Gasteiger partial charge in [0.2, 0.25) is 0 Å². The molecular formula is C15H18N2O. The molecule has 2 N–H and O–H groups in total. The maximum Gasteiger partial charge on any atom is 0.153 e. The lowest BCUT2D eigenvalue weighted by molar-refractivity contribution is 0.209. The molecule has 0 saturated heterocycles. The minimum Gasteiger partial charge on any atom is -0.483 e. The van der Waals surface area contributed by atoms with Gasteiger partial charge in [-0.15, -0.1) is 0 Å². The number of rotatable bonds is 5. The summed E-state index contributed by atoms with van der Waals surface area (Å²) in [6.45, 7) is 2.54. The van der Waals surface area contributed by atoms with Crippen molar-refractivity contribution in [2.24, 2.45) is 5.73 Å². The van der Waals surface area contributed by atoms with Crippen LogP contribution in [-0.4, -0.2) is 11.5 Å². The maximum absolute atomic E-state index is 5.86. The number of ether oxygens (including phenoxy) is 1. The van der Waals surface area contributed by atoms with Gasteiger partial charge in [0, 0.05) is 12.7 Å². The van der Waals surface area contributed by atoms with E-state index in [2.05, 4.69) is 24.0 Å². The Hall–Kier alpha value is -1.87. The molecule has 0 bridgehead atoms. The van der Waals surface area contributed by atoms with Crippen LogP contribution in [0.3, 0.4) is 0 Å². The molecule has 0 fully saturated rings. The number of aromatic nitrogens is 1. The lowest BCUT2D eigenvalue weighted by Gasteiger charge is -2.17. The highest BCUT2D eigenvalue weighted by Gasteiger charge is 2.12. The third kappa shape index (κ3) is 3.08. The summed E-state index contributed by atoms with van der Waals surface area (Å²) in [4.78, 5) is 4.27. The van der Waals surface area contributed by atoms with Gasteiger partial charge in [0.25, 0.3) is 0 Å². The van der Waals surface area contributed by atoms with E-state index in [4.69, 9.17) is 10.5 Å². The summed E-state index contributed by atoms with van der Waals surface area (Å²) in [6.07, 6.45) is 2.58. The number of nitrogens with zero attached hydrogens (tertiary/aromatic N) is 1. The maximum atomic E-state index is 5.86. The van der Waals surface area contributed by atoms with Crippen LogP contribution in [0.2, 0.25) is 0 Å². The second-order valence-corrected chi connectivity index (χ2v) is 4.09. The van der Waals surface area contributed by atoms with Gasteiger partial charge in [-0.2, -0.15) is 0 Å². The van der Waals surface area contributed by atoms with Gasteiger partial charge in [-0.05, 0) is 36.2 Å². The highest BCUT2D eigenvalue weighted by molar-refractivity contribution is 5.28. The molecule has 0 aliphatic carbocycles. The number of hydrogen-bond acceptors (Lipinski definition) is 3. The van der Waals surface area contributed by atoms with Crippen LogP contribution in [0.5, 0.6) is 5.75 Å². The first-order valence-electron chi connectivity index (χ1n) is 6.20. The highest BCUT2D eigenvalue weighted by atomic mass is 16.5. The number of pyridine rings is 1. The molecule has 0 saturated carbocycles. The molecule has 1 aromatic heterocycles. The van der Waals surface area contributed by atoms with E-state index >= 15 is 0 Å². The predicted octanol–water partition coefficient (Wildman–Crippen LogP) is 2.72. The second kappa shape index (κ2) is 6.17. The summed E-state index contributed by atoms with van der Waals surface area (Å²) in [7, 11) is 0. The van der Waals surface area contributed by atoms with Crippen molar-refractivity contribution < 1.29 is 4.74 Å². The van der Waals surface area contributed by atoms with Crippen LogP contribution in [0, 0.1) is 0 Å². The van der Waals surface area contributed by atoms with Crippen molar-refractivity contribution in [1.29, 1.82) is 0 Å². The first-order valence-corrected chi connectivity index (χ1v) is 6.20. The lowest BCUT2D eigenvalue weighted by Crippen LogP contribution is -2.19. The van der Waals surface area contributed by atoms with E-state index in [1.165, 1.54) is 5.56 Å². The molecule has 1 aromatic carbocycles. The molecule has 2 aromatic rings. The van der Waals surface area contributed by atoms with Gasteiger partial charge in [-0.1, -0.05) is 25.1 Å². The fourth-order valence-electron chi connectivity index (χ4n) is 1.76. The Labute approximate surface area is 108 Å². The summed E-state index contributed by atoms with van der Waals surface area (Å²) in [6, 6.07) is 13.8. The van der Waals surface area contributed by atoms with Gasteiger partial charge in [0.1, 0.15) is 5.75 Å². The lowest BCUT2D eigenvalue weighted by atomic mass is 10.1. The van der Waals surface area contributed by atoms with Gasteiger partial charge in [-0.25, -0.2) is 0 Å². The van der Waals surface area contributed by atoms with Crippen molar-refractivity contribution in [1.82, 2.24) is 4.98 Å². The van der Waals surface area contributed by atoms with E-state index < -0.39 is 0 Å². The zero-order valence-corrected chi connectivity index (χ0v) is 10.5. The van der Waals surface area contributed by atoms with Crippen molar-refractivity contribution >= 4 is 0 Å². The van der Waals surface area contributed by atoms with Crippen LogP contribution in [0.1, 0.15) is 24.3 Å². The van der Waals surface area contributed by atoms with Crippen LogP contribution in [0.15, 0.2) is 48.7 Å². The third-order valence-electron chi connectivity index (χ3n) is 2.84. The van der Waals surface area contributed by atoms with E-state index in [-0.39, 0.29) is 6.10 Å². The van der Waals surface area contributed by atoms with Crippen LogP contribution in [0.25, 0.3) is 0 Å². The summed E-state index contributed by atoms with van der Waals surface area (Å²) in [5, 5.41) is 0. The predicted molar refractivity (Wildman–Crippen MR) is 72.5 cm³/mol. The summed E-state index contributed by atoms with van der Waals surface area (Å²) in [5.41, 5.74) is 7.90. The van der Waals surface area contributed by atoms with Crippen molar-refractivity contribution in [2.45, 2.75) is 19.4 Å². The SMILES string of the molecule is CCc1ccc(OC(CN)c2ccccn2)cc1. The summed E-state index contributed by atoms with van der Waals surface area (Å²) < 4.78 is 5.86. The van der Waals surface area contributed by atoms with E-state index in [1.807, 2.05) is 30.3 Å².